The number of nitrogens with zero attached hydrogens (tertiary/aromatic N) is 1. The molecule has 0 bridgehead atoms. The molecule has 0 saturated heterocycles. The number of carbonyl (C=O) groups excluding carboxylic acids is 2. The molecule has 0 aliphatic heterocycles. The third kappa shape index (κ3) is 7.26. The average molecular weight is 397 g/mol. The molecule has 2 atom stereocenters. The van der Waals surface area contributed by atoms with Crippen molar-refractivity contribution in [2.24, 2.45) is 0 Å². The van der Waals surface area contributed by atoms with Gasteiger partial charge in [0, 0.05) is 12.6 Å². The van der Waals surface area contributed by atoms with E-state index < -0.39 is 6.04 Å². The van der Waals surface area contributed by atoms with Gasteiger partial charge < -0.3 is 15.0 Å². The molecule has 1 N–H and O–H groups in total. The molecule has 5 nitrogen and oxygen atoms in total. The minimum Gasteiger partial charge on any atom is -0.484 e. The van der Waals surface area contributed by atoms with Crippen LogP contribution in [0.5, 0.6) is 5.75 Å². The molecular formula is C24H32N2O3. The Kier molecular flexibility index (Phi) is 9.22. The summed E-state index contributed by atoms with van der Waals surface area (Å²) in [6.45, 7) is 6.30. The zero-order valence-corrected chi connectivity index (χ0v) is 17.6. The van der Waals surface area contributed by atoms with Gasteiger partial charge in [-0.3, -0.25) is 9.59 Å². The summed E-state index contributed by atoms with van der Waals surface area (Å²) in [7, 11) is 0. The van der Waals surface area contributed by atoms with Crippen LogP contribution in [-0.2, 0) is 16.0 Å². The number of para-hydroxylation sites is 1. The van der Waals surface area contributed by atoms with E-state index in [0.717, 1.165) is 12.0 Å². The van der Waals surface area contributed by atoms with E-state index in [2.05, 4.69) is 5.32 Å². The Morgan fingerprint density at radius 3 is 2.17 bits per heavy atom. The van der Waals surface area contributed by atoms with E-state index in [1.54, 1.807) is 4.90 Å². The van der Waals surface area contributed by atoms with E-state index in [1.165, 1.54) is 0 Å². The number of ether oxygens (including phenoxy) is 1. The van der Waals surface area contributed by atoms with E-state index >= 15 is 0 Å². The molecule has 2 aromatic rings. The summed E-state index contributed by atoms with van der Waals surface area (Å²) in [5.41, 5.74) is 1.13. The van der Waals surface area contributed by atoms with E-state index in [1.807, 2.05) is 81.4 Å². The maximum Gasteiger partial charge on any atom is 0.261 e. The third-order valence-electron chi connectivity index (χ3n) is 4.98. The monoisotopic (exact) mass is 396 g/mol. The Bertz CT molecular complexity index is 749. The Morgan fingerprint density at radius 2 is 1.59 bits per heavy atom. The highest BCUT2D eigenvalue weighted by molar-refractivity contribution is 5.88. The van der Waals surface area contributed by atoms with Crippen molar-refractivity contribution in [3.05, 3.63) is 66.2 Å². The Balaban J connectivity index is 2.11. The van der Waals surface area contributed by atoms with E-state index in [4.69, 9.17) is 4.74 Å². The summed E-state index contributed by atoms with van der Waals surface area (Å²) in [5.74, 6) is 0.347. The van der Waals surface area contributed by atoms with Gasteiger partial charge in [0.15, 0.2) is 6.61 Å². The highest BCUT2D eigenvalue weighted by atomic mass is 16.5. The zero-order valence-electron chi connectivity index (χ0n) is 17.6. The number of carbonyl (C=O) groups is 2. The molecule has 0 unspecified atom stereocenters. The average Bonchev–Trinajstić information content (AvgIpc) is 2.76. The normalized spacial score (nSPS) is 12.7. The maximum atomic E-state index is 13.0. The molecule has 0 fully saturated rings. The molecule has 2 amide bonds. The van der Waals surface area contributed by atoms with Crippen molar-refractivity contribution in [3.8, 4) is 5.75 Å². The molecule has 29 heavy (non-hydrogen) atoms. The highest BCUT2D eigenvalue weighted by Crippen LogP contribution is 2.12. The third-order valence-corrected chi connectivity index (χ3v) is 4.98. The van der Waals surface area contributed by atoms with E-state index in [-0.39, 0.29) is 24.5 Å². The van der Waals surface area contributed by atoms with Crippen LogP contribution < -0.4 is 10.1 Å². The first-order valence-electron chi connectivity index (χ1n) is 10.4. The lowest BCUT2D eigenvalue weighted by Crippen LogP contribution is -2.52. The van der Waals surface area contributed by atoms with Crippen molar-refractivity contribution in [1.29, 1.82) is 0 Å². The van der Waals surface area contributed by atoms with Gasteiger partial charge in [0.05, 0.1) is 0 Å². The summed E-state index contributed by atoms with van der Waals surface area (Å²) in [6, 6.07) is 18.8. The second-order valence-electron chi connectivity index (χ2n) is 7.17. The smallest absolute Gasteiger partial charge is 0.261 e. The number of nitrogens with one attached hydrogen (secondary N) is 1. The van der Waals surface area contributed by atoms with Gasteiger partial charge in [-0.05, 0) is 43.9 Å². The van der Waals surface area contributed by atoms with Crippen LogP contribution in [0, 0.1) is 0 Å². The molecule has 0 saturated carbocycles. The zero-order chi connectivity index (χ0) is 21.1. The van der Waals surface area contributed by atoms with Gasteiger partial charge in [-0.25, -0.2) is 0 Å². The lowest BCUT2D eigenvalue weighted by Gasteiger charge is -2.31. The molecule has 0 heterocycles. The van der Waals surface area contributed by atoms with Crippen molar-refractivity contribution in [3.63, 3.8) is 0 Å². The van der Waals surface area contributed by atoms with Crippen molar-refractivity contribution in [2.75, 3.05) is 13.2 Å². The number of amides is 2. The van der Waals surface area contributed by atoms with Gasteiger partial charge >= 0.3 is 0 Å². The van der Waals surface area contributed by atoms with Gasteiger partial charge in [-0.15, -0.1) is 0 Å². The fraction of sp³-hybridized carbons (Fsp3) is 0.417. The van der Waals surface area contributed by atoms with Crippen molar-refractivity contribution in [1.82, 2.24) is 10.2 Å². The summed E-state index contributed by atoms with van der Waals surface area (Å²) >= 11 is 0. The van der Waals surface area contributed by atoms with Crippen LogP contribution in [0.15, 0.2) is 60.7 Å². The lowest BCUT2D eigenvalue weighted by atomic mass is 10.1. The first kappa shape index (κ1) is 22.5. The second-order valence-corrected chi connectivity index (χ2v) is 7.17. The molecule has 2 rings (SSSR count). The summed E-state index contributed by atoms with van der Waals surface area (Å²) in [4.78, 5) is 27.5. The highest BCUT2D eigenvalue weighted by Gasteiger charge is 2.29. The molecule has 0 aliphatic carbocycles. The quantitative estimate of drug-likeness (QED) is 0.628. The van der Waals surface area contributed by atoms with Crippen LogP contribution in [0.1, 0.15) is 39.2 Å². The van der Waals surface area contributed by atoms with Crippen LogP contribution in [0.2, 0.25) is 0 Å². The second kappa shape index (κ2) is 11.9. The molecule has 0 aromatic heterocycles. The molecular weight excluding hydrogens is 364 g/mol. The Morgan fingerprint density at radius 1 is 0.966 bits per heavy atom. The van der Waals surface area contributed by atoms with Crippen LogP contribution in [0.4, 0.5) is 0 Å². The van der Waals surface area contributed by atoms with Crippen LogP contribution in [-0.4, -0.2) is 41.9 Å². The predicted octanol–water partition coefficient (Wildman–Crippen LogP) is 3.83. The Labute approximate surface area is 174 Å². The molecule has 156 valence electrons. The van der Waals surface area contributed by atoms with E-state index in [9.17, 15) is 9.59 Å². The SMILES string of the molecule is CC[C@@H](C)NC(=O)[C@H](CC)N(CCc1ccccc1)C(=O)COc1ccccc1. The topological polar surface area (TPSA) is 58.6 Å². The van der Waals surface area contributed by atoms with E-state index in [0.29, 0.717) is 25.1 Å². The van der Waals surface area contributed by atoms with Gasteiger partial charge in [0.1, 0.15) is 11.8 Å². The van der Waals surface area contributed by atoms with Crippen LogP contribution in [0.3, 0.4) is 0 Å². The van der Waals surface area contributed by atoms with Gasteiger partial charge in [0.25, 0.3) is 5.91 Å². The summed E-state index contributed by atoms with van der Waals surface area (Å²) in [6.07, 6.45) is 2.08. The predicted molar refractivity (Wildman–Crippen MR) is 116 cm³/mol. The van der Waals surface area contributed by atoms with Gasteiger partial charge in [-0.1, -0.05) is 62.4 Å². The van der Waals surface area contributed by atoms with Crippen molar-refractivity contribution >= 4 is 11.8 Å². The number of rotatable bonds is 11. The number of hydrogen-bond acceptors (Lipinski definition) is 3. The minimum absolute atomic E-state index is 0.0724. The Hall–Kier alpha value is -2.82. The standard InChI is InChI=1S/C24H32N2O3/c1-4-19(3)25-24(28)22(5-2)26(17-16-20-12-8-6-9-13-20)23(27)18-29-21-14-10-7-11-15-21/h6-15,19,22H,4-5,16-18H2,1-3H3,(H,25,28)/t19-,22+/m1/s1. The molecule has 0 radical (unpaired) electrons. The molecule has 5 heteroatoms. The first-order valence-corrected chi connectivity index (χ1v) is 10.4. The summed E-state index contributed by atoms with van der Waals surface area (Å²) in [5, 5.41) is 3.01. The van der Waals surface area contributed by atoms with Crippen LogP contribution >= 0.6 is 0 Å². The first-order chi connectivity index (χ1) is 14.0. The maximum absolute atomic E-state index is 13.0. The van der Waals surface area contributed by atoms with Crippen molar-refractivity contribution in [2.45, 2.75) is 52.1 Å². The lowest BCUT2D eigenvalue weighted by molar-refractivity contribution is -0.142. The summed E-state index contributed by atoms with van der Waals surface area (Å²) < 4.78 is 5.65. The number of benzene rings is 2. The fourth-order valence-corrected chi connectivity index (χ4v) is 3.08. The molecule has 0 aliphatic rings. The number of hydrogen-bond donors (Lipinski definition) is 1. The minimum atomic E-state index is -0.514. The molecule has 0 spiro atoms. The fourth-order valence-electron chi connectivity index (χ4n) is 3.08. The van der Waals surface area contributed by atoms with Crippen molar-refractivity contribution < 1.29 is 14.3 Å². The van der Waals surface area contributed by atoms with Gasteiger partial charge in [-0.2, -0.15) is 0 Å². The van der Waals surface area contributed by atoms with Gasteiger partial charge in [0.2, 0.25) is 5.91 Å². The largest absolute Gasteiger partial charge is 0.484 e. The van der Waals surface area contributed by atoms with Crippen LogP contribution in [0.25, 0.3) is 0 Å². The molecule has 2 aromatic carbocycles.